The summed E-state index contributed by atoms with van der Waals surface area (Å²) >= 11 is 0. The first-order valence-corrected chi connectivity index (χ1v) is 6.10. The molecule has 0 aliphatic rings. The number of hydrogen-bond acceptors (Lipinski definition) is 3. The molecule has 0 radical (unpaired) electrons. The predicted octanol–water partition coefficient (Wildman–Crippen LogP) is 4.30. The Morgan fingerprint density at radius 2 is 1.67 bits per heavy atom. The number of nitrogens with zero attached hydrogens (tertiary/aromatic N) is 1. The maximum atomic E-state index is 12.3. The monoisotopic (exact) mass is 293 g/mol. The van der Waals surface area contributed by atoms with Gasteiger partial charge in [-0.2, -0.15) is 0 Å². The second-order valence-corrected chi connectivity index (χ2v) is 4.39. The molecule has 0 saturated heterocycles. The van der Waals surface area contributed by atoms with E-state index in [1.54, 1.807) is 6.07 Å². The summed E-state index contributed by atoms with van der Waals surface area (Å²) in [5, 5.41) is 2.40. The molecule has 2 aromatic carbocycles. The highest BCUT2D eigenvalue weighted by molar-refractivity contribution is 6.08. The Balaban J connectivity index is 2.24. The Hall–Kier alpha value is -2.50. The molecule has 21 heavy (non-hydrogen) atoms. The van der Waals surface area contributed by atoms with Gasteiger partial charge in [-0.25, -0.2) is 4.98 Å². The van der Waals surface area contributed by atoms with Crippen molar-refractivity contribution in [1.82, 2.24) is 4.98 Å². The number of ether oxygens (including phenoxy) is 2. The molecule has 0 bridgehead atoms. The van der Waals surface area contributed by atoms with Crippen molar-refractivity contribution in [3.63, 3.8) is 0 Å². The van der Waals surface area contributed by atoms with E-state index in [0.717, 1.165) is 16.2 Å². The van der Waals surface area contributed by atoms with Gasteiger partial charge in [0.25, 0.3) is 0 Å². The quantitative estimate of drug-likeness (QED) is 0.660. The molecule has 108 valence electrons. The van der Waals surface area contributed by atoms with Crippen LogP contribution in [0.4, 0.5) is 13.2 Å². The van der Waals surface area contributed by atoms with E-state index in [-0.39, 0.29) is 5.75 Å². The van der Waals surface area contributed by atoms with Crippen molar-refractivity contribution < 1.29 is 22.6 Å². The van der Waals surface area contributed by atoms with Gasteiger partial charge in [0.05, 0.1) is 12.6 Å². The highest BCUT2D eigenvalue weighted by Crippen LogP contribution is 2.33. The fraction of sp³-hybridized carbons (Fsp3) is 0.133. The van der Waals surface area contributed by atoms with Crippen LogP contribution in [0, 0.1) is 0 Å². The van der Waals surface area contributed by atoms with Gasteiger partial charge in [0.15, 0.2) is 0 Å². The molecule has 0 amide bonds. The summed E-state index contributed by atoms with van der Waals surface area (Å²) < 4.78 is 45.9. The number of halogens is 3. The number of hydrogen-bond donors (Lipinski definition) is 0. The molecule has 3 rings (SSSR count). The Bertz CT molecular complexity index is 815. The lowest BCUT2D eigenvalue weighted by Crippen LogP contribution is -2.17. The van der Waals surface area contributed by atoms with Gasteiger partial charge in [-0.15, -0.1) is 13.2 Å². The standard InChI is InChI=1S/C15H10F3NO2/c1-20-14-12-5-3-2-4-10(12)11-7-6-9(8-13(11)19-14)21-15(16,17)18/h2-8H,1H3. The minimum Gasteiger partial charge on any atom is -0.481 e. The fourth-order valence-electron chi connectivity index (χ4n) is 2.26. The summed E-state index contributed by atoms with van der Waals surface area (Å²) in [7, 11) is 1.47. The lowest BCUT2D eigenvalue weighted by atomic mass is 10.1. The third-order valence-electron chi connectivity index (χ3n) is 3.07. The Morgan fingerprint density at radius 1 is 0.952 bits per heavy atom. The minimum absolute atomic E-state index is 0.306. The molecule has 6 heteroatoms. The number of pyridine rings is 1. The summed E-state index contributed by atoms with van der Waals surface area (Å²) in [6.45, 7) is 0. The van der Waals surface area contributed by atoms with Crippen LogP contribution < -0.4 is 9.47 Å². The van der Waals surface area contributed by atoms with Gasteiger partial charge in [-0.3, -0.25) is 0 Å². The molecule has 0 saturated carbocycles. The highest BCUT2D eigenvalue weighted by atomic mass is 19.4. The van der Waals surface area contributed by atoms with Gasteiger partial charge in [-0.1, -0.05) is 18.2 Å². The Kier molecular flexibility index (Phi) is 3.08. The van der Waals surface area contributed by atoms with Gasteiger partial charge >= 0.3 is 6.36 Å². The Labute approximate surface area is 117 Å². The normalized spacial score (nSPS) is 11.8. The van der Waals surface area contributed by atoms with Gasteiger partial charge in [-0.05, 0) is 23.6 Å². The van der Waals surface area contributed by atoms with Crippen molar-refractivity contribution in [1.29, 1.82) is 0 Å². The SMILES string of the molecule is COc1nc2cc(OC(F)(F)F)ccc2c2ccccc12. The van der Waals surface area contributed by atoms with Crippen molar-refractivity contribution in [2.75, 3.05) is 7.11 Å². The number of methoxy groups -OCH3 is 1. The van der Waals surface area contributed by atoms with Crippen molar-refractivity contribution in [3.8, 4) is 11.6 Å². The third kappa shape index (κ3) is 2.56. The summed E-state index contributed by atoms with van der Waals surface area (Å²) in [6.07, 6.45) is -4.73. The van der Waals surface area contributed by atoms with Crippen LogP contribution in [0.1, 0.15) is 0 Å². The van der Waals surface area contributed by atoms with E-state index in [1.807, 2.05) is 24.3 Å². The number of aromatic nitrogens is 1. The van der Waals surface area contributed by atoms with Crippen LogP contribution >= 0.6 is 0 Å². The maximum absolute atomic E-state index is 12.3. The van der Waals surface area contributed by atoms with Crippen LogP contribution in [0.5, 0.6) is 11.6 Å². The Morgan fingerprint density at radius 3 is 2.33 bits per heavy atom. The molecule has 0 fully saturated rings. The number of alkyl halides is 3. The van der Waals surface area contributed by atoms with E-state index < -0.39 is 6.36 Å². The largest absolute Gasteiger partial charge is 0.573 e. The summed E-state index contributed by atoms with van der Waals surface area (Å²) in [5.74, 6) is 0.0575. The molecule has 0 aliphatic carbocycles. The number of fused-ring (bicyclic) bond motifs is 3. The topological polar surface area (TPSA) is 31.4 Å². The van der Waals surface area contributed by atoms with Crippen molar-refractivity contribution in [2.45, 2.75) is 6.36 Å². The fourth-order valence-corrected chi connectivity index (χ4v) is 2.26. The molecule has 0 unspecified atom stereocenters. The number of benzene rings is 2. The highest BCUT2D eigenvalue weighted by Gasteiger charge is 2.31. The van der Waals surface area contributed by atoms with Crippen molar-refractivity contribution in [3.05, 3.63) is 42.5 Å². The first kappa shape index (κ1) is 13.5. The average molecular weight is 293 g/mol. The molecule has 0 N–H and O–H groups in total. The van der Waals surface area contributed by atoms with Gasteiger partial charge < -0.3 is 9.47 Å². The van der Waals surface area contributed by atoms with Crippen LogP contribution in [-0.2, 0) is 0 Å². The molecular weight excluding hydrogens is 283 g/mol. The molecule has 0 aliphatic heterocycles. The number of rotatable bonds is 2. The lowest BCUT2D eigenvalue weighted by molar-refractivity contribution is -0.274. The minimum atomic E-state index is -4.73. The zero-order chi connectivity index (χ0) is 15.0. The lowest BCUT2D eigenvalue weighted by Gasteiger charge is -2.11. The molecule has 3 aromatic rings. The van der Waals surface area contributed by atoms with E-state index in [0.29, 0.717) is 11.4 Å². The van der Waals surface area contributed by atoms with Crippen molar-refractivity contribution in [2.24, 2.45) is 0 Å². The second-order valence-electron chi connectivity index (χ2n) is 4.39. The van der Waals surface area contributed by atoms with Gasteiger partial charge in [0.1, 0.15) is 5.75 Å². The van der Waals surface area contributed by atoms with Crippen LogP contribution in [0.25, 0.3) is 21.7 Å². The first-order chi connectivity index (χ1) is 9.98. The van der Waals surface area contributed by atoms with Crippen LogP contribution in [0.2, 0.25) is 0 Å². The molecule has 3 nitrogen and oxygen atoms in total. The molecule has 1 heterocycles. The van der Waals surface area contributed by atoms with Crippen LogP contribution in [-0.4, -0.2) is 18.5 Å². The molecular formula is C15H10F3NO2. The van der Waals surface area contributed by atoms with E-state index in [1.165, 1.54) is 19.2 Å². The van der Waals surface area contributed by atoms with Crippen LogP contribution in [0.3, 0.4) is 0 Å². The van der Waals surface area contributed by atoms with E-state index in [9.17, 15) is 13.2 Å². The van der Waals surface area contributed by atoms with Crippen molar-refractivity contribution >= 4 is 21.7 Å². The van der Waals surface area contributed by atoms with Gasteiger partial charge in [0, 0.05) is 16.8 Å². The smallest absolute Gasteiger partial charge is 0.481 e. The first-order valence-electron chi connectivity index (χ1n) is 6.10. The van der Waals surface area contributed by atoms with E-state index in [4.69, 9.17) is 4.74 Å². The third-order valence-corrected chi connectivity index (χ3v) is 3.07. The van der Waals surface area contributed by atoms with E-state index >= 15 is 0 Å². The summed E-state index contributed by atoms with van der Waals surface area (Å²) in [5.41, 5.74) is 0.382. The molecule has 0 spiro atoms. The zero-order valence-corrected chi connectivity index (χ0v) is 10.9. The zero-order valence-electron chi connectivity index (χ0n) is 10.9. The summed E-state index contributed by atoms with van der Waals surface area (Å²) in [4.78, 5) is 4.24. The second kappa shape index (κ2) is 4.80. The molecule has 1 aromatic heterocycles. The van der Waals surface area contributed by atoms with Gasteiger partial charge in [0.2, 0.25) is 5.88 Å². The summed E-state index contributed by atoms with van der Waals surface area (Å²) in [6, 6.07) is 11.5. The predicted molar refractivity (Wildman–Crippen MR) is 72.5 cm³/mol. The molecule has 0 atom stereocenters. The maximum Gasteiger partial charge on any atom is 0.573 e. The average Bonchev–Trinajstić information content (AvgIpc) is 2.44. The van der Waals surface area contributed by atoms with E-state index in [2.05, 4.69) is 9.72 Å². The van der Waals surface area contributed by atoms with Crippen LogP contribution in [0.15, 0.2) is 42.5 Å².